The molecule has 0 spiro atoms. The van der Waals surface area contributed by atoms with E-state index in [1.165, 1.54) is 0 Å². The predicted molar refractivity (Wildman–Crippen MR) is 220 cm³/mol. The van der Waals surface area contributed by atoms with Crippen molar-refractivity contribution in [3.63, 3.8) is 0 Å². The van der Waals surface area contributed by atoms with Gasteiger partial charge in [-0.3, -0.25) is 39.9 Å². The maximum Gasteiger partial charge on any atom is 0.0803 e. The van der Waals surface area contributed by atoms with E-state index in [0.717, 1.165) is 116 Å². The van der Waals surface area contributed by atoms with Crippen LogP contribution in [0.4, 0.5) is 0 Å². The summed E-state index contributed by atoms with van der Waals surface area (Å²) in [6.07, 6.45) is 22.3. The van der Waals surface area contributed by atoms with Crippen molar-refractivity contribution in [2.24, 2.45) is 0 Å². The van der Waals surface area contributed by atoms with Gasteiger partial charge in [0.25, 0.3) is 0 Å². The lowest BCUT2D eigenvalue weighted by molar-refractivity contribution is 1.28. The van der Waals surface area contributed by atoms with Crippen molar-refractivity contribution in [1.82, 2.24) is 49.3 Å². The van der Waals surface area contributed by atoms with Gasteiger partial charge in [-0.15, -0.1) is 0 Å². The van der Waals surface area contributed by atoms with Crippen molar-refractivity contribution < 1.29 is 0 Å². The molecule has 0 radical (unpaired) electrons. The monoisotopic (exact) mass is 718 g/mol. The number of nitrogens with one attached hydrogen (secondary N) is 1. The second-order valence-electron chi connectivity index (χ2n) is 13.9. The highest BCUT2D eigenvalue weighted by Crippen LogP contribution is 2.46. The van der Waals surface area contributed by atoms with Crippen molar-refractivity contribution >= 4 is 59.9 Å². The van der Waals surface area contributed by atoms with E-state index in [4.69, 9.17) is 19.9 Å². The topological polar surface area (TPSA) is 123 Å². The number of nitrogens with zero attached hydrogens (tertiary/aromatic N) is 9. The molecule has 12 rings (SSSR count). The van der Waals surface area contributed by atoms with E-state index < -0.39 is 0 Å². The van der Waals surface area contributed by atoms with Crippen LogP contribution in [0.5, 0.6) is 0 Å². The van der Waals surface area contributed by atoms with Gasteiger partial charge in [0.15, 0.2) is 0 Å². The summed E-state index contributed by atoms with van der Waals surface area (Å²) in [5, 5.41) is 6.36. The first-order valence-electron chi connectivity index (χ1n) is 18.2. The van der Waals surface area contributed by atoms with E-state index in [1.54, 1.807) is 24.8 Å². The van der Waals surface area contributed by atoms with E-state index in [9.17, 15) is 0 Å². The van der Waals surface area contributed by atoms with E-state index in [0.29, 0.717) is 0 Å². The number of benzene rings is 1. The third kappa shape index (κ3) is 4.44. The highest BCUT2D eigenvalue weighted by molar-refractivity contribution is 6.29. The van der Waals surface area contributed by atoms with Crippen LogP contribution in [-0.2, 0) is 0 Å². The van der Waals surface area contributed by atoms with Gasteiger partial charge in [0, 0.05) is 146 Å². The van der Waals surface area contributed by atoms with Gasteiger partial charge in [-0.25, -0.2) is 0 Å². The van der Waals surface area contributed by atoms with Crippen LogP contribution in [-0.4, -0.2) is 49.3 Å². The second-order valence-corrected chi connectivity index (χ2v) is 13.9. The SMILES string of the molecule is c1cc(-c2ccc(-c3cnc(-c4ccncc4)c4c3[nH]c3cc5c(cc34)c3c(-c4ccncc4)ncc4c6cnc(-c7ccncc7)cc6n5c43)cn2)ccn1. The standard InChI is InChI=1S/C46H26N10/c1-2-36(26-3-11-47-12-4-26)51-22-30(1)33-23-53-43(28-7-15-49-16-8-28)41-31-19-32-39(21-38(31)55-45(33)41)56-40-20-37(27-5-13-48-14-6-27)52-24-34(40)35-25-54-44(42(32)46(35)56)29-9-17-50-18-10-29/h1-25,55H. The fraction of sp³-hybridized carbons (Fsp3) is 0. The molecule has 56 heavy (non-hydrogen) atoms. The molecule has 0 aliphatic heterocycles. The first-order valence-corrected chi connectivity index (χ1v) is 18.2. The number of aromatic amines is 1. The van der Waals surface area contributed by atoms with Crippen LogP contribution in [0.2, 0.25) is 0 Å². The Morgan fingerprint density at radius 1 is 0.411 bits per heavy atom. The molecular weight excluding hydrogens is 693 g/mol. The molecule has 0 bridgehead atoms. The van der Waals surface area contributed by atoms with Crippen LogP contribution in [0.25, 0.3) is 116 Å². The Morgan fingerprint density at radius 2 is 0.982 bits per heavy atom. The molecule has 1 aromatic carbocycles. The molecule has 12 aromatic rings. The highest BCUT2D eigenvalue weighted by Gasteiger charge is 2.25. The Kier molecular flexibility index (Phi) is 6.40. The third-order valence-corrected chi connectivity index (χ3v) is 10.9. The van der Waals surface area contributed by atoms with Gasteiger partial charge in [-0.1, -0.05) is 6.07 Å². The van der Waals surface area contributed by atoms with Gasteiger partial charge < -0.3 is 9.38 Å². The fourth-order valence-corrected chi connectivity index (χ4v) is 8.32. The van der Waals surface area contributed by atoms with Gasteiger partial charge >= 0.3 is 0 Å². The Morgan fingerprint density at radius 3 is 1.64 bits per heavy atom. The molecule has 0 unspecified atom stereocenters. The molecule has 1 N–H and O–H groups in total. The average Bonchev–Trinajstić information content (AvgIpc) is 3.93. The normalized spacial score (nSPS) is 11.9. The molecule has 11 aromatic heterocycles. The van der Waals surface area contributed by atoms with Crippen LogP contribution in [0.1, 0.15) is 0 Å². The minimum absolute atomic E-state index is 0.875. The zero-order valence-corrected chi connectivity index (χ0v) is 29.5. The van der Waals surface area contributed by atoms with E-state index in [1.807, 2.05) is 104 Å². The predicted octanol–water partition coefficient (Wildman–Crippen LogP) is 9.97. The molecule has 10 nitrogen and oxygen atoms in total. The third-order valence-electron chi connectivity index (χ3n) is 10.9. The number of rotatable bonds is 5. The minimum atomic E-state index is 0.875. The van der Waals surface area contributed by atoms with Gasteiger partial charge in [0.05, 0.1) is 44.8 Å². The van der Waals surface area contributed by atoms with Crippen molar-refractivity contribution in [3.8, 4) is 56.2 Å². The molecule has 0 aliphatic carbocycles. The molecule has 10 heteroatoms. The number of fused-ring (bicyclic) bond motifs is 9. The zero-order chi connectivity index (χ0) is 36.7. The number of H-pyrrole nitrogens is 1. The summed E-state index contributed by atoms with van der Waals surface area (Å²) < 4.78 is 2.38. The largest absolute Gasteiger partial charge is 0.354 e. The summed E-state index contributed by atoms with van der Waals surface area (Å²) in [6.45, 7) is 0. The molecule has 0 amide bonds. The number of hydrogen-bond acceptors (Lipinski definition) is 8. The maximum absolute atomic E-state index is 5.15. The summed E-state index contributed by atoms with van der Waals surface area (Å²) in [4.78, 5) is 40.9. The van der Waals surface area contributed by atoms with Crippen molar-refractivity contribution in [3.05, 3.63) is 153 Å². The summed E-state index contributed by atoms with van der Waals surface area (Å²) in [5.41, 5.74) is 14.7. The molecule has 0 aliphatic rings. The maximum atomic E-state index is 5.15. The van der Waals surface area contributed by atoms with E-state index in [2.05, 4.69) is 53.6 Å². The molecule has 0 saturated carbocycles. The van der Waals surface area contributed by atoms with Crippen LogP contribution in [0.15, 0.2) is 153 Å². The Labute approximate surface area is 317 Å². The van der Waals surface area contributed by atoms with Crippen molar-refractivity contribution in [2.45, 2.75) is 0 Å². The average molecular weight is 719 g/mol. The van der Waals surface area contributed by atoms with Crippen LogP contribution in [0, 0.1) is 0 Å². The number of hydrogen-bond donors (Lipinski definition) is 1. The molecular formula is C46H26N10. The summed E-state index contributed by atoms with van der Waals surface area (Å²) in [6, 6.07) is 26.9. The van der Waals surface area contributed by atoms with E-state index in [-0.39, 0.29) is 0 Å². The first-order chi connectivity index (χ1) is 27.8. The van der Waals surface area contributed by atoms with Gasteiger partial charge in [-0.2, -0.15) is 0 Å². The second kappa shape index (κ2) is 11.8. The highest BCUT2D eigenvalue weighted by atomic mass is 14.9. The van der Waals surface area contributed by atoms with Gasteiger partial charge in [0.2, 0.25) is 0 Å². The Bertz CT molecular complexity index is 3440. The quantitative estimate of drug-likeness (QED) is 0.187. The Hall–Kier alpha value is -7.98. The van der Waals surface area contributed by atoms with Gasteiger partial charge in [-0.05, 0) is 72.8 Å². The molecule has 0 fully saturated rings. The number of pyridine rings is 8. The molecule has 0 saturated heterocycles. The van der Waals surface area contributed by atoms with E-state index >= 15 is 0 Å². The lowest BCUT2D eigenvalue weighted by Crippen LogP contribution is -1.91. The number of aromatic nitrogens is 10. The first kappa shape index (κ1) is 30.5. The van der Waals surface area contributed by atoms with Crippen LogP contribution in [0.3, 0.4) is 0 Å². The molecule has 11 heterocycles. The van der Waals surface area contributed by atoms with Crippen LogP contribution < -0.4 is 0 Å². The molecule has 0 atom stereocenters. The van der Waals surface area contributed by atoms with Crippen molar-refractivity contribution in [2.75, 3.05) is 0 Å². The lowest BCUT2D eigenvalue weighted by Gasteiger charge is -2.09. The van der Waals surface area contributed by atoms with Crippen molar-refractivity contribution in [1.29, 1.82) is 0 Å². The summed E-state index contributed by atoms with van der Waals surface area (Å²) >= 11 is 0. The minimum Gasteiger partial charge on any atom is -0.354 e. The smallest absolute Gasteiger partial charge is 0.0803 e. The fourth-order valence-electron chi connectivity index (χ4n) is 8.32. The van der Waals surface area contributed by atoms with Gasteiger partial charge in [0.1, 0.15) is 0 Å². The zero-order valence-electron chi connectivity index (χ0n) is 29.5. The van der Waals surface area contributed by atoms with Crippen LogP contribution >= 0.6 is 0 Å². The lowest BCUT2D eigenvalue weighted by atomic mass is 9.99. The molecule has 260 valence electrons. The Balaban J connectivity index is 1.19. The summed E-state index contributed by atoms with van der Waals surface area (Å²) in [5.74, 6) is 0. The summed E-state index contributed by atoms with van der Waals surface area (Å²) in [7, 11) is 0.